The number of amides is 2. The molecule has 1 aliphatic carbocycles. The maximum atomic E-state index is 12.4. The van der Waals surface area contributed by atoms with Gasteiger partial charge in [0.05, 0.1) is 28.4 Å². The smallest absolute Gasteiger partial charge is 0.244 e. The predicted molar refractivity (Wildman–Crippen MR) is 167 cm³/mol. The Bertz CT molecular complexity index is 1330. The molecule has 2 amide bonds. The van der Waals surface area contributed by atoms with Gasteiger partial charge in [-0.25, -0.2) is 0 Å². The fourth-order valence-electron chi connectivity index (χ4n) is 4.86. The zero-order valence-corrected chi connectivity index (χ0v) is 25.4. The van der Waals surface area contributed by atoms with Gasteiger partial charge < -0.3 is 29.6 Å². The molecule has 8 nitrogen and oxygen atoms in total. The fourth-order valence-corrected chi connectivity index (χ4v) is 4.86. The molecule has 224 valence electrons. The van der Waals surface area contributed by atoms with Gasteiger partial charge in [-0.3, -0.25) is 9.59 Å². The molecule has 1 fully saturated rings. The molecule has 0 bridgehead atoms. The molecule has 0 saturated heterocycles. The summed E-state index contributed by atoms with van der Waals surface area (Å²) in [6.07, 6.45) is 17.2. The topological polar surface area (TPSA) is 95.1 Å². The molecular weight excluding hydrogens is 532 g/mol. The van der Waals surface area contributed by atoms with E-state index in [1.165, 1.54) is 6.08 Å². The molecule has 1 saturated carbocycles. The molecule has 0 heterocycles. The van der Waals surface area contributed by atoms with E-state index in [1.807, 2.05) is 50.3 Å². The Hall–Kier alpha value is -4.46. The highest BCUT2D eigenvalue weighted by atomic mass is 16.5. The summed E-state index contributed by atoms with van der Waals surface area (Å²) < 4.78 is 21.5. The van der Waals surface area contributed by atoms with Gasteiger partial charge in [0.1, 0.15) is 5.75 Å². The Balaban J connectivity index is 1.41. The first-order valence-electron chi connectivity index (χ1n) is 14.0. The van der Waals surface area contributed by atoms with Crippen molar-refractivity contribution in [3.05, 3.63) is 83.0 Å². The average molecular weight is 575 g/mol. The minimum atomic E-state index is -0.145. The molecule has 1 aliphatic rings. The van der Waals surface area contributed by atoms with E-state index >= 15 is 0 Å². The van der Waals surface area contributed by atoms with Gasteiger partial charge in [-0.05, 0) is 80.0 Å². The minimum absolute atomic E-state index is 0.0859. The Morgan fingerprint density at radius 3 is 1.50 bits per heavy atom. The van der Waals surface area contributed by atoms with Gasteiger partial charge in [0.2, 0.25) is 17.6 Å². The Morgan fingerprint density at radius 2 is 1.07 bits per heavy atom. The SMILES string of the molecule is COc1cc(/C=C/C=C/C(=O)NC2CCC(NC(=O)/C=C/C=C/c3cc(OC)c(OC)c(OC)c3)CC2)cc(C)c1C. The maximum Gasteiger partial charge on any atom is 0.244 e. The highest BCUT2D eigenvalue weighted by Crippen LogP contribution is 2.38. The first kappa shape index (κ1) is 32.1. The number of carbonyl (C=O) groups is 2. The van der Waals surface area contributed by atoms with Crippen LogP contribution in [0.5, 0.6) is 23.0 Å². The molecule has 0 spiro atoms. The minimum Gasteiger partial charge on any atom is -0.496 e. The lowest BCUT2D eigenvalue weighted by Crippen LogP contribution is -2.43. The Kier molecular flexibility index (Phi) is 12.3. The first-order chi connectivity index (χ1) is 20.3. The molecule has 2 aromatic carbocycles. The largest absolute Gasteiger partial charge is 0.496 e. The summed E-state index contributed by atoms with van der Waals surface area (Å²) in [5, 5.41) is 6.12. The van der Waals surface area contributed by atoms with Crippen molar-refractivity contribution >= 4 is 24.0 Å². The third kappa shape index (κ3) is 9.29. The van der Waals surface area contributed by atoms with Gasteiger partial charge in [0.25, 0.3) is 0 Å². The van der Waals surface area contributed by atoms with Crippen LogP contribution >= 0.6 is 0 Å². The van der Waals surface area contributed by atoms with Crippen molar-refractivity contribution in [1.82, 2.24) is 10.6 Å². The van der Waals surface area contributed by atoms with E-state index in [4.69, 9.17) is 18.9 Å². The number of carbonyl (C=O) groups excluding carboxylic acids is 2. The summed E-state index contributed by atoms with van der Waals surface area (Å²) in [6, 6.07) is 7.92. The van der Waals surface area contributed by atoms with Crippen LogP contribution in [0.2, 0.25) is 0 Å². The van der Waals surface area contributed by atoms with Gasteiger partial charge in [0, 0.05) is 24.2 Å². The van der Waals surface area contributed by atoms with E-state index in [0.29, 0.717) is 17.2 Å². The molecule has 2 N–H and O–H groups in total. The van der Waals surface area contributed by atoms with Crippen molar-refractivity contribution in [2.24, 2.45) is 0 Å². The number of hydrogen-bond acceptors (Lipinski definition) is 6. The highest BCUT2D eigenvalue weighted by Gasteiger charge is 2.22. The number of allylic oxidation sites excluding steroid dienone is 4. The standard InChI is InChI=1S/C34H42N2O6/c1-23-19-25(20-29(39-3)24(23)2)11-7-9-13-32(37)35-27-15-17-28(18-16-27)36-33(38)14-10-8-12-26-21-30(40-4)34(42-6)31(22-26)41-5/h7-14,19-22,27-28H,15-18H2,1-6H3,(H,35,37)(H,36,38)/b11-7+,12-8+,13-9+,14-10+. The third-order valence-electron chi connectivity index (χ3n) is 7.26. The Morgan fingerprint density at radius 1 is 0.643 bits per heavy atom. The average Bonchev–Trinajstić information content (AvgIpc) is 2.99. The number of nitrogens with one attached hydrogen (secondary N) is 2. The molecule has 0 aliphatic heterocycles. The van der Waals surface area contributed by atoms with E-state index in [1.54, 1.807) is 52.7 Å². The van der Waals surface area contributed by atoms with Gasteiger partial charge in [0.15, 0.2) is 11.5 Å². The number of ether oxygens (including phenoxy) is 4. The second-order valence-corrected chi connectivity index (χ2v) is 10.1. The van der Waals surface area contributed by atoms with Crippen LogP contribution in [0, 0.1) is 13.8 Å². The van der Waals surface area contributed by atoms with Crippen LogP contribution in [-0.4, -0.2) is 52.3 Å². The van der Waals surface area contributed by atoms with Crippen LogP contribution in [0.4, 0.5) is 0 Å². The third-order valence-corrected chi connectivity index (χ3v) is 7.26. The lowest BCUT2D eigenvalue weighted by atomic mass is 9.91. The van der Waals surface area contributed by atoms with Gasteiger partial charge >= 0.3 is 0 Å². The van der Waals surface area contributed by atoms with E-state index in [9.17, 15) is 9.59 Å². The molecule has 42 heavy (non-hydrogen) atoms. The van der Waals surface area contributed by atoms with Crippen LogP contribution in [0.1, 0.15) is 47.9 Å². The summed E-state index contributed by atoms with van der Waals surface area (Å²) in [5.41, 5.74) is 4.15. The molecular formula is C34H42N2O6. The fraction of sp³-hybridized carbons (Fsp3) is 0.353. The molecule has 2 aromatic rings. The first-order valence-corrected chi connectivity index (χ1v) is 14.0. The number of aryl methyl sites for hydroxylation is 1. The summed E-state index contributed by atoms with van der Waals surface area (Å²) in [5.74, 6) is 2.24. The van der Waals surface area contributed by atoms with Gasteiger partial charge in [-0.15, -0.1) is 0 Å². The summed E-state index contributed by atoms with van der Waals surface area (Å²) in [4.78, 5) is 24.8. The van der Waals surface area contributed by atoms with E-state index in [-0.39, 0.29) is 23.9 Å². The molecule has 0 atom stereocenters. The van der Waals surface area contributed by atoms with Crippen molar-refractivity contribution in [3.63, 3.8) is 0 Å². The number of hydrogen-bond donors (Lipinski definition) is 2. The molecule has 0 aromatic heterocycles. The van der Waals surface area contributed by atoms with Gasteiger partial charge in [-0.2, -0.15) is 0 Å². The van der Waals surface area contributed by atoms with E-state index < -0.39 is 0 Å². The van der Waals surface area contributed by atoms with Crippen LogP contribution in [-0.2, 0) is 9.59 Å². The number of methoxy groups -OCH3 is 4. The van der Waals surface area contributed by atoms with Crippen molar-refractivity contribution in [2.45, 2.75) is 51.6 Å². The van der Waals surface area contributed by atoms with Crippen LogP contribution in [0.3, 0.4) is 0 Å². The zero-order chi connectivity index (χ0) is 30.5. The monoisotopic (exact) mass is 574 g/mol. The number of rotatable bonds is 12. The molecule has 0 unspecified atom stereocenters. The second kappa shape index (κ2) is 16.1. The van der Waals surface area contributed by atoms with Crippen LogP contribution in [0.15, 0.2) is 60.7 Å². The van der Waals surface area contributed by atoms with E-state index in [0.717, 1.165) is 53.7 Å². The maximum absolute atomic E-state index is 12.4. The predicted octanol–water partition coefficient (Wildman–Crippen LogP) is 5.72. The molecule has 3 rings (SSSR count). The lowest BCUT2D eigenvalue weighted by Gasteiger charge is -2.29. The van der Waals surface area contributed by atoms with E-state index in [2.05, 4.69) is 16.7 Å². The van der Waals surface area contributed by atoms with Crippen LogP contribution in [0.25, 0.3) is 12.2 Å². The highest BCUT2D eigenvalue weighted by molar-refractivity contribution is 5.88. The summed E-state index contributed by atoms with van der Waals surface area (Å²) in [7, 11) is 6.36. The number of benzene rings is 2. The molecule has 8 heteroatoms. The molecule has 0 radical (unpaired) electrons. The van der Waals surface area contributed by atoms with Crippen molar-refractivity contribution in [2.75, 3.05) is 28.4 Å². The zero-order valence-electron chi connectivity index (χ0n) is 25.4. The second-order valence-electron chi connectivity index (χ2n) is 10.1. The van der Waals surface area contributed by atoms with Crippen molar-refractivity contribution < 1.29 is 28.5 Å². The summed E-state index contributed by atoms with van der Waals surface area (Å²) in [6.45, 7) is 4.08. The Labute approximate surface area is 249 Å². The lowest BCUT2D eigenvalue weighted by molar-refractivity contribution is -0.119. The van der Waals surface area contributed by atoms with Crippen molar-refractivity contribution in [3.8, 4) is 23.0 Å². The normalized spacial score (nSPS) is 17.2. The van der Waals surface area contributed by atoms with Crippen LogP contribution < -0.4 is 29.6 Å². The van der Waals surface area contributed by atoms with Crippen molar-refractivity contribution in [1.29, 1.82) is 0 Å². The van der Waals surface area contributed by atoms with Gasteiger partial charge in [-0.1, -0.05) is 42.5 Å². The summed E-state index contributed by atoms with van der Waals surface area (Å²) >= 11 is 0. The quantitative estimate of drug-likeness (QED) is 0.249.